The molecule has 1 saturated carbocycles. The molecule has 0 saturated heterocycles. The largest absolute Gasteiger partial charge is 0.326 e. The minimum atomic E-state index is -3.50. The van der Waals surface area contributed by atoms with E-state index in [1.807, 2.05) is 51.1 Å². The fraction of sp³-hybridized carbons (Fsp3) is 0.321. The highest BCUT2D eigenvalue weighted by Crippen LogP contribution is 2.28. The zero-order valence-electron chi connectivity index (χ0n) is 20.8. The molecule has 4 rings (SSSR count). The van der Waals surface area contributed by atoms with Crippen LogP contribution in [0.3, 0.4) is 0 Å². The molecule has 2 aliphatic rings. The second-order valence-electron chi connectivity index (χ2n) is 10.2. The Balaban J connectivity index is 1.34. The average Bonchev–Trinajstić information content (AvgIpc) is 3.63. The fourth-order valence-electron chi connectivity index (χ4n) is 4.00. The third kappa shape index (κ3) is 6.50. The van der Waals surface area contributed by atoms with E-state index in [4.69, 9.17) is 0 Å². The normalized spacial score (nSPS) is 17.9. The van der Waals surface area contributed by atoms with Crippen molar-refractivity contribution in [3.05, 3.63) is 89.7 Å². The number of carbonyl (C=O) groups is 2. The number of nitrogens with zero attached hydrogens (tertiary/aromatic N) is 1. The van der Waals surface area contributed by atoms with Crippen LogP contribution in [0.25, 0.3) is 0 Å². The smallest absolute Gasteiger partial charge is 0.258 e. The molecule has 0 bridgehead atoms. The Hall–Kier alpha value is -3.23. The zero-order chi connectivity index (χ0) is 25.9. The summed E-state index contributed by atoms with van der Waals surface area (Å²) in [7, 11) is -3.50. The summed E-state index contributed by atoms with van der Waals surface area (Å²) in [6, 6.07) is 16.4. The molecule has 2 aliphatic carbocycles. The van der Waals surface area contributed by atoms with E-state index in [9.17, 15) is 18.0 Å². The Labute approximate surface area is 213 Å². The van der Waals surface area contributed by atoms with Crippen molar-refractivity contribution in [3.8, 4) is 0 Å². The summed E-state index contributed by atoms with van der Waals surface area (Å²) in [4.78, 5) is 27.9. The lowest BCUT2D eigenvalue weighted by molar-refractivity contribution is -0.116. The number of nitrogens with one attached hydrogen (secondary N) is 2. The third-order valence-electron chi connectivity index (χ3n) is 5.95. The van der Waals surface area contributed by atoms with Crippen LogP contribution < -0.4 is 14.9 Å². The van der Waals surface area contributed by atoms with E-state index in [1.165, 1.54) is 0 Å². The molecule has 7 nitrogen and oxygen atoms in total. The van der Waals surface area contributed by atoms with Gasteiger partial charge in [0.1, 0.15) is 0 Å². The first kappa shape index (κ1) is 25.9. The number of hydrogen-bond acceptors (Lipinski definition) is 4. The van der Waals surface area contributed by atoms with Crippen molar-refractivity contribution < 1.29 is 18.0 Å². The molecular formula is C28H32N3O4S. The van der Waals surface area contributed by atoms with E-state index in [0.29, 0.717) is 11.3 Å². The van der Waals surface area contributed by atoms with Gasteiger partial charge in [-0.2, -0.15) is 0 Å². The molecule has 36 heavy (non-hydrogen) atoms. The van der Waals surface area contributed by atoms with Crippen LogP contribution in [-0.2, 0) is 14.8 Å². The average molecular weight is 507 g/mol. The van der Waals surface area contributed by atoms with E-state index in [1.54, 1.807) is 53.8 Å². The van der Waals surface area contributed by atoms with Gasteiger partial charge in [-0.25, -0.2) is 13.1 Å². The van der Waals surface area contributed by atoms with Gasteiger partial charge >= 0.3 is 0 Å². The third-order valence-corrected chi connectivity index (χ3v) is 7.49. The molecule has 1 fully saturated rings. The first-order chi connectivity index (χ1) is 17.0. The molecule has 1 radical (unpaired) electrons. The summed E-state index contributed by atoms with van der Waals surface area (Å²) >= 11 is 0. The number of amides is 2. The molecule has 1 unspecified atom stereocenters. The Morgan fingerprint density at radius 2 is 1.67 bits per heavy atom. The SMILES string of the molecule is CC(C)(C)N(C(=O)c1ccc(NC(=O)CC2[CH]C=C(S(=O)(=O)NC3CC3)C=C2)cc1)c1ccccc1. The highest BCUT2D eigenvalue weighted by Gasteiger charge is 2.30. The lowest BCUT2D eigenvalue weighted by atomic mass is 9.97. The number of anilines is 2. The highest BCUT2D eigenvalue weighted by molar-refractivity contribution is 7.93. The Morgan fingerprint density at radius 1 is 1.00 bits per heavy atom. The van der Waals surface area contributed by atoms with Crippen LogP contribution in [0.1, 0.15) is 50.4 Å². The van der Waals surface area contributed by atoms with Crippen LogP contribution >= 0.6 is 0 Å². The molecular weight excluding hydrogens is 474 g/mol. The Bertz CT molecular complexity index is 1270. The van der Waals surface area contributed by atoms with Gasteiger partial charge in [0.2, 0.25) is 15.9 Å². The van der Waals surface area contributed by atoms with Crippen molar-refractivity contribution in [1.82, 2.24) is 4.72 Å². The fourth-order valence-corrected chi connectivity index (χ4v) is 5.32. The summed E-state index contributed by atoms with van der Waals surface area (Å²) in [5.74, 6) is -0.518. The van der Waals surface area contributed by atoms with Crippen molar-refractivity contribution >= 4 is 33.2 Å². The molecule has 0 aromatic heterocycles. The van der Waals surface area contributed by atoms with E-state index in [2.05, 4.69) is 10.0 Å². The highest BCUT2D eigenvalue weighted by atomic mass is 32.2. The molecule has 2 aromatic rings. The maximum atomic E-state index is 13.3. The first-order valence-electron chi connectivity index (χ1n) is 12.1. The molecule has 189 valence electrons. The Morgan fingerprint density at radius 3 is 2.22 bits per heavy atom. The quantitative estimate of drug-likeness (QED) is 0.537. The van der Waals surface area contributed by atoms with Gasteiger partial charge in [0.05, 0.1) is 4.91 Å². The van der Waals surface area contributed by atoms with Gasteiger partial charge in [0.15, 0.2) is 0 Å². The molecule has 8 heteroatoms. The summed E-state index contributed by atoms with van der Waals surface area (Å²) in [5, 5.41) is 2.85. The number of para-hydroxylation sites is 1. The number of rotatable bonds is 8. The van der Waals surface area contributed by atoms with Gasteiger partial charge in [-0.15, -0.1) is 0 Å². The minimum Gasteiger partial charge on any atom is -0.326 e. The predicted octanol–water partition coefficient (Wildman–Crippen LogP) is 4.82. The van der Waals surface area contributed by atoms with Gasteiger partial charge in [-0.05, 0) is 88.4 Å². The summed E-state index contributed by atoms with van der Waals surface area (Å²) < 4.78 is 27.3. The Kier molecular flexibility index (Phi) is 7.47. The molecule has 0 heterocycles. The van der Waals surface area contributed by atoms with Gasteiger partial charge in [-0.1, -0.05) is 30.4 Å². The van der Waals surface area contributed by atoms with Crippen molar-refractivity contribution in [2.45, 2.75) is 51.6 Å². The number of benzene rings is 2. The van der Waals surface area contributed by atoms with Crippen molar-refractivity contribution in [3.63, 3.8) is 0 Å². The van der Waals surface area contributed by atoms with Gasteiger partial charge < -0.3 is 10.2 Å². The second-order valence-corrected chi connectivity index (χ2v) is 11.9. The molecule has 2 aromatic carbocycles. The topological polar surface area (TPSA) is 95.6 Å². The number of sulfonamides is 1. The van der Waals surface area contributed by atoms with E-state index in [-0.39, 0.29) is 35.1 Å². The molecule has 1 atom stereocenters. The minimum absolute atomic E-state index is 0.0457. The molecule has 0 spiro atoms. The maximum Gasteiger partial charge on any atom is 0.258 e. The van der Waals surface area contributed by atoms with Gasteiger partial charge in [-0.3, -0.25) is 9.59 Å². The van der Waals surface area contributed by atoms with Crippen LogP contribution in [-0.4, -0.2) is 31.8 Å². The predicted molar refractivity (Wildman–Crippen MR) is 143 cm³/mol. The lowest BCUT2D eigenvalue weighted by Gasteiger charge is -2.36. The standard InChI is InChI=1S/C28H32N3O4S/c1-28(2,3)31(24-7-5-4-6-8-24)27(33)21-11-13-22(14-12-21)29-26(32)19-20-9-17-25(18-10-20)36(34,35)30-23-15-16-23/h4-14,17-18,20,23,30H,15-16,19H2,1-3H3,(H,29,32). The van der Waals surface area contributed by atoms with Crippen LogP contribution in [0.2, 0.25) is 0 Å². The number of hydrogen-bond donors (Lipinski definition) is 2. The zero-order valence-corrected chi connectivity index (χ0v) is 21.6. The van der Waals surface area contributed by atoms with Crippen LogP contribution in [0.5, 0.6) is 0 Å². The van der Waals surface area contributed by atoms with Crippen molar-refractivity contribution in [1.29, 1.82) is 0 Å². The maximum absolute atomic E-state index is 13.3. The molecule has 0 aliphatic heterocycles. The van der Waals surface area contributed by atoms with Crippen molar-refractivity contribution in [2.75, 3.05) is 10.2 Å². The summed E-state index contributed by atoms with van der Waals surface area (Å²) in [5.41, 5.74) is 1.51. The van der Waals surface area contributed by atoms with E-state index < -0.39 is 15.6 Å². The number of allylic oxidation sites excluding steroid dienone is 3. The monoisotopic (exact) mass is 506 g/mol. The van der Waals surface area contributed by atoms with Gasteiger partial charge in [0, 0.05) is 34.9 Å². The van der Waals surface area contributed by atoms with E-state index >= 15 is 0 Å². The summed E-state index contributed by atoms with van der Waals surface area (Å²) in [6.07, 6.45) is 8.50. The van der Waals surface area contributed by atoms with Crippen LogP contribution in [0.4, 0.5) is 11.4 Å². The van der Waals surface area contributed by atoms with E-state index in [0.717, 1.165) is 18.5 Å². The van der Waals surface area contributed by atoms with Crippen molar-refractivity contribution in [2.24, 2.45) is 5.92 Å². The molecule has 2 amide bonds. The molecule has 2 N–H and O–H groups in total. The lowest BCUT2D eigenvalue weighted by Crippen LogP contribution is -2.46. The first-order valence-corrected chi connectivity index (χ1v) is 13.6. The van der Waals surface area contributed by atoms with Gasteiger partial charge in [0.25, 0.3) is 5.91 Å². The number of carbonyl (C=O) groups excluding carboxylic acids is 2. The second kappa shape index (κ2) is 10.4. The van der Waals surface area contributed by atoms with Crippen LogP contribution in [0.15, 0.2) is 77.7 Å². The van der Waals surface area contributed by atoms with Crippen LogP contribution in [0, 0.1) is 12.3 Å². The summed E-state index contributed by atoms with van der Waals surface area (Å²) in [6.45, 7) is 5.96.